The standard InChI is InChI=1S/C32H44O6/c1-5-31(3,21-33)15-9-7-11-23-17-27(35)19-25(29(23)37)13-14-26-20-28(36)18-24(30(26)38)12-8-10-16-32(4,6-2)22-34/h13-14,17-20,33-34H,5-12,15-16,21-22H2,1-4H3/b14-13-. The van der Waals surface area contributed by atoms with Crippen LogP contribution in [0.2, 0.25) is 0 Å². The number of unbranched alkanes of at least 4 members (excludes halogenated alkanes) is 2. The van der Waals surface area contributed by atoms with E-state index >= 15 is 0 Å². The molecule has 0 amide bonds. The fraction of sp³-hybridized carbons (Fsp3) is 0.562. The summed E-state index contributed by atoms with van der Waals surface area (Å²) in [6.07, 6.45) is 15.7. The van der Waals surface area contributed by atoms with E-state index in [9.17, 15) is 29.4 Å². The van der Waals surface area contributed by atoms with Gasteiger partial charge in [-0.15, -0.1) is 0 Å². The van der Waals surface area contributed by atoms with Gasteiger partial charge >= 0.3 is 0 Å². The van der Waals surface area contributed by atoms with E-state index < -0.39 is 0 Å². The molecule has 0 bridgehead atoms. The average molecular weight is 525 g/mol. The van der Waals surface area contributed by atoms with E-state index in [1.807, 2.05) is 27.7 Å². The number of carbonyl (C=O) groups excluding carboxylic acids is 4. The molecule has 0 spiro atoms. The SMILES string of the molecule is CCC(C)(CO)CCCCC1=CC(=O)C=C(/C=C\C2=CC(=O)C=C(CCCCC(C)(CC)CO)C2=O)C1=O. The molecule has 2 aliphatic carbocycles. The van der Waals surface area contributed by atoms with Crippen LogP contribution in [0, 0.1) is 10.8 Å². The average Bonchev–Trinajstić information content (AvgIpc) is 2.91. The lowest BCUT2D eigenvalue weighted by atomic mass is 9.82. The molecule has 2 aliphatic rings. The topological polar surface area (TPSA) is 109 Å². The Bertz CT molecular complexity index is 974. The summed E-state index contributed by atoms with van der Waals surface area (Å²) >= 11 is 0. The normalized spacial score (nSPS) is 19.6. The van der Waals surface area contributed by atoms with Crippen LogP contribution in [0.4, 0.5) is 0 Å². The summed E-state index contributed by atoms with van der Waals surface area (Å²) in [5, 5.41) is 19.2. The Hall–Kier alpha value is -2.70. The molecule has 6 nitrogen and oxygen atoms in total. The van der Waals surface area contributed by atoms with Crippen molar-refractivity contribution in [1.29, 1.82) is 0 Å². The first-order valence-corrected chi connectivity index (χ1v) is 13.9. The third-order valence-corrected chi connectivity index (χ3v) is 8.20. The lowest BCUT2D eigenvalue weighted by molar-refractivity contribution is -0.115. The van der Waals surface area contributed by atoms with Crippen molar-refractivity contribution in [3.63, 3.8) is 0 Å². The van der Waals surface area contributed by atoms with Gasteiger partial charge in [0.05, 0.1) is 0 Å². The molecule has 0 fully saturated rings. The molecule has 0 aliphatic heterocycles. The molecule has 0 heterocycles. The van der Waals surface area contributed by atoms with Crippen molar-refractivity contribution in [2.45, 2.75) is 91.9 Å². The highest BCUT2D eigenvalue weighted by atomic mass is 16.3. The summed E-state index contributed by atoms with van der Waals surface area (Å²) in [4.78, 5) is 50.5. The maximum Gasteiger partial charge on any atom is 0.189 e. The van der Waals surface area contributed by atoms with Gasteiger partial charge in [-0.3, -0.25) is 19.2 Å². The highest BCUT2D eigenvalue weighted by molar-refractivity contribution is 6.23. The number of ketones is 4. The molecule has 0 aromatic carbocycles. The van der Waals surface area contributed by atoms with Crippen molar-refractivity contribution in [3.8, 4) is 0 Å². The van der Waals surface area contributed by atoms with E-state index in [4.69, 9.17) is 0 Å². The van der Waals surface area contributed by atoms with Gasteiger partial charge in [-0.1, -0.05) is 52.7 Å². The quantitative estimate of drug-likeness (QED) is 0.204. The highest BCUT2D eigenvalue weighted by Gasteiger charge is 2.25. The van der Waals surface area contributed by atoms with Gasteiger partial charge in [0, 0.05) is 35.5 Å². The van der Waals surface area contributed by atoms with Gasteiger partial charge < -0.3 is 10.2 Å². The zero-order valence-corrected chi connectivity index (χ0v) is 23.5. The van der Waals surface area contributed by atoms with Crippen LogP contribution in [0.15, 0.2) is 58.7 Å². The minimum atomic E-state index is -0.268. The van der Waals surface area contributed by atoms with Gasteiger partial charge in [-0.2, -0.15) is 0 Å². The number of allylic oxidation sites excluding steroid dienone is 10. The van der Waals surface area contributed by atoms with Crippen molar-refractivity contribution >= 4 is 23.1 Å². The Labute approximate surface area is 227 Å². The smallest absolute Gasteiger partial charge is 0.189 e. The number of carbonyl (C=O) groups is 4. The van der Waals surface area contributed by atoms with E-state index in [-0.39, 0.29) is 58.3 Å². The highest BCUT2D eigenvalue weighted by Crippen LogP contribution is 2.30. The Morgan fingerprint density at radius 2 is 1.00 bits per heavy atom. The molecule has 0 aromatic rings. The number of aliphatic hydroxyl groups excluding tert-OH is 2. The maximum absolute atomic E-state index is 13.0. The van der Waals surface area contributed by atoms with Crippen molar-refractivity contribution in [2.24, 2.45) is 10.8 Å². The molecule has 2 unspecified atom stereocenters. The second kappa shape index (κ2) is 14.5. The molecule has 2 rings (SSSR count). The molecule has 2 atom stereocenters. The first-order valence-electron chi connectivity index (χ1n) is 13.9. The Kier molecular flexibility index (Phi) is 12.0. The lowest BCUT2D eigenvalue weighted by Crippen LogP contribution is -2.20. The zero-order chi connectivity index (χ0) is 28.3. The second-order valence-electron chi connectivity index (χ2n) is 11.4. The molecule has 0 radical (unpaired) electrons. The molecule has 38 heavy (non-hydrogen) atoms. The van der Waals surface area contributed by atoms with Gasteiger partial charge in [0.15, 0.2) is 23.1 Å². The number of hydrogen-bond acceptors (Lipinski definition) is 6. The number of aliphatic hydroxyl groups is 2. The molecule has 0 saturated heterocycles. The molecular formula is C32H44O6. The van der Waals surface area contributed by atoms with Crippen molar-refractivity contribution in [3.05, 3.63) is 58.7 Å². The number of Topliss-reactive ketones (excluding diaryl/α,β-unsaturated/α-hetero) is 2. The van der Waals surface area contributed by atoms with Crippen LogP contribution in [0.25, 0.3) is 0 Å². The minimum absolute atomic E-state index is 0.122. The summed E-state index contributed by atoms with van der Waals surface area (Å²) in [7, 11) is 0. The Morgan fingerprint density at radius 3 is 1.32 bits per heavy atom. The summed E-state index contributed by atoms with van der Waals surface area (Å²) in [5.41, 5.74) is 1.05. The lowest BCUT2D eigenvalue weighted by Gasteiger charge is -2.25. The number of rotatable bonds is 16. The van der Waals surface area contributed by atoms with Crippen molar-refractivity contribution in [2.75, 3.05) is 13.2 Å². The van der Waals surface area contributed by atoms with Gasteiger partial charge in [0.25, 0.3) is 0 Å². The van der Waals surface area contributed by atoms with Crippen LogP contribution in [0.1, 0.15) is 91.9 Å². The van der Waals surface area contributed by atoms with Crippen LogP contribution in [-0.4, -0.2) is 46.6 Å². The van der Waals surface area contributed by atoms with E-state index in [1.165, 1.54) is 36.5 Å². The first kappa shape index (κ1) is 31.5. The van der Waals surface area contributed by atoms with E-state index in [2.05, 4.69) is 0 Å². The summed E-state index contributed by atoms with van der Waals surface area (Å²) in [6, 6.07) is 0. The monoisotopic (exact) mass is 524 g/mol. The van der Waals surface area contributed by atoms with Crippen molar-refractivity contribution < 1.29 is 29.4 Å². The van der Waals surface area contributed by atoms with Gasteiger partial charge in [0.1, 0.15) is 0 Å². The van der Waals surface area contributed by atoms with E-state index in [1.54, 1.807) is 0 Å². The zero-order valence-electron chi connectivity index (χ0n) is 23.5. The van der Waals surface area contributed by atoms with Crippen LogP contribution in [0.3, 0.4) is 0 Å². The third-order valence-electron chi connectivity index (χ3n) is 8.20. The fourth-order valence-corrected chi connectivity index (χ4v) is 4.63. The Balaban J connectivity index is 1.96. The van der Waals surface area contributed by atoms with Gasteiger partial charge in [0.2, 0.25) is 0 Å². The van der Waals surface area contributed by atoms with E-state index in [0.29, 0.717) is 24.0 Å². The van der Waals surface area contributed by atoms with E-state index in [0.717, 1.165) is 51.4 Å². The maximum atomic E-state index is 13.0. The molecule has 208 valence electrons. The van der Waals surface area contributed by atoms with Crippen LogP contribution in [-0.2, 0) is 19.2 Å². The summed E-state index contributed by atoms with van der Waals surface area (Å²) in [5.74, 6) is -1.02. The van der Waals surface area contributed by atoms with Crippen LogP contribution < -0.4 is 0 Å². The second-order valence-corrected chi connectivity index (χ2v) is 11.4. The fourth-order valence-electron chi connectivity index (χ4n) is 4.63. The summed E-state index contributed by atoms with van der Waals surface area (Å²) in [6.45, 7) is 8.42. The number of hydrogen-bond donors (Lipinski definition) is 2. The van der Waals surface area contributed by atoms with Crippen LogP contribution >= 0.6 is 0 Å². The predicted octanol–water partition coefficient (Wildman–Crippen LogP) is 5.49. The predicted molar refractivity (Wildman–Crippen MR) is 149 cm³/mol. The third kappa shape index (κ3) is 8.95. The summed E-state index contributed by atoms with van der Waals surface area (Å²) < 4.78 is 0. The molecule has 0 saturated carbocycles. The van der Waals surface area contributed by atoms with Gasteiger partial charge in [-0.05, 0) is 86.5 Å². The van der Waals surface area contributed by atoms with Gasteiger partial charge in [-0.25, -0.2) is 0 Å². The first-order chi connectivity index (χ1) is 18.0. The molecule has 0 aromatic heterocycles. The minimum Gasteiger partial charge on any atom is -0.396 e. The largest absolute Gasteiger partial charge is 0.396 e. The molecule has 6 heteroatoms. The Morgan fingerprint density at radius 1 is 0.632 bits per heavy atom. The molecule has 2 N–H and O–H groups in total. The van der Waals surface area contributed by atoms with Crippen molar-refractivity contribution in [1.82, 2.24) is 0 Å². The van der Waals surface area contributed by atoms with Crippen LogP contribution in [0.5, 0.6) is 0 Å². The molecular weight excluding hydrogens is 480 g/mol.